The second kappa shape index (κ2) is 11.0. The summed E-state index contributed by atoms with van der Waals surface area (Å²) in [6.45, 7) is 9.26. The Balaban J connectivity index is 2.85. The molecular formula is C13H29N. The van der Waals surface area contributed by atoms with Crippen molar-refractivity contribution in [2.75, 3.05) is 13.1 Å². The fourth-order valence-electron chi connectivity index (χ4n) is 1.55. The van der Waals surface area contributed by atoms with Crippen LogP contribution in [0.15, 0.2) is 0 Å². The molecule has 0 saturated heterocycles. The maximum absolute atomic E-state index is 3.51. The third-order valence-corrected chi connectivity index (χ3v) is 2.61. The summed E-state index contributed by atoms with van der Waals surface area (Å²) in [6, 6.07) is 0. The highest BCUT2D eigenvalue weighted by molar-refractivity contribution is 4.52. The van der Waals surface area contributed by atoms with Crippen LogP contribution in [0.4, 0.5) is 0 Å². The fourth-order valence-corrected chi connectivity index (χ4v) is 1.55. The molecule has 0 heterocycles. The quantitative estimate of drug-likeness (QED) is 0.525. The van der Waals surface area contributed by atoms with E-state index in [9.17, 15) is 0 Å². The highest BCUT2D eigenvalue weighted by Crippen LogP contribution is 2.04. The molecule has 0 radical (unpaired) electrons. The largest absolute Gasteiger partial charge is 0.317 e. The van der Waals surface area contributed by atoms with Gasteiger partial charge in [0.1, 0.15) is 0 Å². The standard InChI is InChI=1S/C13H29N/c1-4-5-6-7-8-9-11-14-12-10-13(2)3/h13-14H,4-12H2,1-3H3. The van der Waals surface area contributed by atoms with Crippen molar-refractivity contribution >= 4 is 0 Å². The molecule has 1 N–H and O–H groups in total. The van der Waals surface area contributed by atoms with E-state index in [1.807, 2.05) is 0 Å². The van der Waals surface area contributed by atoms with Gasteiger partial charge in [0.05, 0.1) is 0 Å². The van der Waals surface area contributed by atoms with E-state index in [0.717, 1.165) is 5.92 Å². The van der Waals surface area contributed by atoms with E-state index >= 15 is 0 Å². The van der Waals surface area contributed by atoms with Crippen LogP contribution >= 0.6 is 0 Å². The number of hydrogen-bond acceptors (Lipinski definition) is 1. The summed E-state index contributed by atoms with van der Waals surface area (Å²) in [5.41, 5.74) is 0. The van der Waals surface area contributed by atoms with Crippen LogP contribution in [0.25, 0.3) is 0 Å². The van der Waals surface area contributed by atoms with Gasteiger partial charge in [-0.05, 0) is 31.8 Å². The SMILES string of the molecule is CCCCCCCCNCCC(C)C. The van der Waals surface area contributed by atoms with Gasteiger partial charge in [-0.15, -0.1) is 0 Å². The molecule has 0 aliphatic carbocycles. The maximum Gasteiger partial charge on any atom is -0.00465 e. The summed E-state index contributed by atoms with van der Waals surface area (Å²) in [5, 5.41) is 3.51. The van der Waals surface area contributed by atoms with E-state index < -0.39 is 0 Å². The highest BCUT2D eigenvalue weighted by atomic mass is 14.8. The van der Waals surface area contributed by atoms with Gasteiger partial charge in [0.25, 0.3) is 0 Å². The molecule has 1 nitrogen and oxygen atoms in total. The average molecular weight is 199 g/mol. The minimum Gasteiger partial charge on any atom is -0.317 e. The third kappa shape index (κ3) is 12.0. The zero-order valence-electron chi connectivity index (χ0n) is 10.4. The topological polar surface area (TPSA) is 12.0 Å². The van der Waals surface area contributed by atoms with E-state index in [1.54, 1.807) is 0 Å². The first-order valence-electron chi connectivity index (χ1n) is 6.48. The van der Waals surface area contributed by atoms with Crippen molar-refractivity contribution in [3.8, 4) is 0 Å². The third-order valence-electron chi connectivity index (χ3n) is 2.61. The lowest BCUT2D eigenvalue weighted by molar-refractivity contribution is 0.518. The van der Waals surface area contributed by atoms with Crippen molar-refractivity contribution in [3.05, 3.63) is 0 Å². The number of unbranched alkanes of at least 4 members (excludes halogenated alkanes) is 5. The first-order valence-corrected chi connectivity index (χ1v) is 6.48. The molecule has 0 aromatic heterocycles. The molecule has 0 aromatic carbocycles. The molecule has 0 spiro atoms. The van der Waals surface area contributed by atoms with Gasteiger partial charge in [-0.3, -0.25) is 0 Å². The van der Waals surface area contributed by atoms with E-state index in [-0.39, 0.29) is 0 Å². The molecule has 0 fully saturated rings. The van der Waals surface area contributed by atoms with Crippen LogP contribution in [0.5, 0.6) is 0 Å². The Morgan fingerprint density at radius 2 is 1.50 bits per heavy atom. The Bertz CT molecular complexity index is 99.4. The van der Waals surface area contributed by atoms with Crippen LogP contribution in [0.2, 0.25) is 0 Å². The Labute approximate surface area is 90.7 Å². The van der Waals surface area contributed by atoms with E-state index in [1.165, 1.54) is 58.0 Å². The van der Waals surface area contributed by atoms with Crippen molar-refractivity contribution < 1.29 is 0 Å². The molecule has 0 rings (SSSR count). The Morgan fingerprint density at radius 1 is 0.857 bits per heavy atom. The summed E-state index contributed by atoms with van der Waals surface area (Å²) in [4.78, 5) is 0. The van der Waals surface area contributed by atoms with Crippen molar-refractivity contribution in [3.63, 3.8) is 0 Å². The zero-order chi connectivity index (χ0) is 10.6. The van der Waals surface area contributed by atoms with Crippen molar-refractivity contribution in [2.24, 2.45) is 5.92 Å². The lowest BCUT2D eigenvalue weighted by Crippen LogP contribution is -2.17. The normalized spacial score (nSPS) is 11.1. The van der Waals surface area contributed by atoms with Gasteiger partial charge in [-0.2, -0.15) is 0 Å². The lowest BCUT2D eigenvalue weighted by Gasteiger charge is -2.06. The number of hydrogen-bond donors (Lipinski definition) is 1. The Kier molecular flexibility index (Phi) is 11.0. The van der Waals surface area contributed by atoms with Crippen molar-refractivity contribution in [2.45, 2.75) is 65.7 Å². The van der Waals surface area contributed by atoms with Crippen molar-refractivity contribution in [1.29, 1.82) is 0 Å². The summed E-state index contributed by atoms with van der Waals surface area (Å²) in [7, 11) is 0. The maximum atomic E-state index is 3.51. The van der Waals surface area contributed by atoms with Gasteiger partial charge in [0, 0.05) is 0 Å². The molecule has 0 aliphatic rings. The van der Waals surface area contributed by atoms with Gasteiger partial charge in [-0.25, -0.2) is 0 Å². The van der Waals surface area contributed by atoms with Gasteiger partial charge < -0.3 is 5.32 Å². The Morgan fingerprint density at radius 3 is 2.14 bits per heavy atom. The van der Waals surface area contributed by atoms with Crippen LogP contribution in [-0.4, -0.2) is 13.1 Å². The Hall–Kier alpha value is -0.0400. The van der Waals surface area contributed by atoms with Gasteiger partial charge in [-0.1, -0.05) is 52.9 Å². The predicted octanol–water partition coefficient (Wildman–Crippen LogP) is 3.98. The summed E-state index contributed by atoms with van der Waals surface area (Å²) in [6.07, 6.45) is 9.72. The minimum atomic E-state index is 0.840. The minimum absolute atomic E-state index is 0.840. The highest BCUT2D eigenvalue weighted by Gasteiger charge is 1.93. The van der Waals surface area contributed by atoms with Crippen LogP contribution in [0.3, 0.4) is 0 Å². The van der Waals surface area contributed by atoms with Crippen LogP contribution < -0.4 is 5.32 Å². The predicted molar refractivity (Wildman–Crippen MR) is 65.7 cm³/mol. The first kappa shape index (κ1) is 14.0. The number of rotatable bonds is 10. The molecule has 0 unspecified atom stereocenters. The van der Waals surface area contributed by atoms with E-state index in [0.29, 0.717) is 0 Å². The molecule has 0 atom stereocenters. The van der Waals surface area contributed by atoms with Crippen LogP contribution in [0.1, 0.15) is 65.7 Å². The van der Waals surface area contributed by atoms with Crippen LogP contribution in [0, 0.1) is 5.92 Å². The molecular weight excluding hydrogens is 170 g/mol. The first-order chi connectivity index (χ1) is 6.77. The smallest absolute Gasteiger partial charge is 0.00465 e. The number of nitrogens with one attached hydrogen (secondary N) is 1. The second-order valence-corrected chi connectivity index (χ2v) is 4.70. The molecule has 86 valence electrons. The molecule has 1 heteroatoms. The van der Waals surface area contributed by atoms with E-state index in [4.69, 9.17) is 0 Å². The molecule has 14 heavy (non-hydrogen) atoms. The monoisotopic (exact) mass is 199 g/mol. The molecule has 0 aromatic rings. The van der Waals surface area contributed by atoms with Crippen LogP contribution in [-0.2, 0) is 0 Å². The summed E-state index contributed by atoms with van der Waals surface area (Å²) in [5.74, 6) is 0.840. The van der Waals surface area contributed by atoms with E-state index in [2.05, 4.69) is 26.1 Å². The lowest BCUT2D eigenvalue weighted by atomic mass is 10.1. The molecule has 0 bridgehead atoms. The van der Waals surface area contributed by atoms with Gasteiger partial charge in [0.2, 0.25) is 0 Å². The average Bonchev–Trinajstić information content (AvgIpc) is 2.15. The molecule has 0 saturated carbocycles. The zero-order valence-corrected chi connectivity index (χ0v) is 10.4. The second-order valence-electron chi connectivity index (χ2n) is 4.70. The van der Waals surface area contributed by atoms with Crippen molar-refractivity contribution in [1.82, 2.24) is 5.32 Å². The summed E-state index contributed by atoms with van der Waals surface area (Å²) >= 11 is 0. The molecule has 0 amide bonds. The van der Waals surface area contributed by atoms with Gasteiger partial charge >= 0.3 is 0 Å². The molecule has 0 aliphatic heterocycles. The fraction of sp³-hybridized carbons (Fsp3) is 1.00. The summed E-state index contributed by atoms with van der Waals surface area (Å²) < 4.78 is 0. The van der Waals surface area contributed by atoms with Gasteiger partial charge in [0.15, 0.2) is 0 Å².